The molecule has 1 N–H and O–H groups in total. The van der Waals surface area contributed by atoms with Crippen molar-refractivity contribution in [3.8, 4) is 5.75 Å². The van der Waals surface area contributed by atoms with Crippen molar-refractivity contribution in [3.63, 3.8) is 0 Å². The zero-order valence-electron chi connectivity index (χ0n) is 11.5. The predicted molar refractivity (Wildman–Crippen MR) is 90.3 cm³/mol. The van der Waals surface area contributed by atoms with Gasteiger partial charge in [0.15, 0.2) is 0 Å². The number of fused-ring (bicyclic) bond motifs is 1. The van der Waals surface area contributed by atoms with Gasteiger partial charge in [-0.05, 0) is 64.0 Å². The van der Waals surface area contributed by atoms with Crippen LogP contribution in [0.15, 0.2) is 42.5 Å². The van der Waals surface area contributed by atoms with E-state index in [9.17, 15) is 0 Å². The van der Waals surface area contributed by atoms with E-state index in [1.165, 1.54) is 20.3 Å². The van der Waals surface area contributed by atoms with Crippen LogP contribution in [0.4, 0.5) is 0 Å². The van der Waals surface area contributed by atoms with Crippen LogP contribution in [-0.2, 0) is 6.42 Å². The Morgan fingerprint density at radius 1 is 1.20 bits per heavy atom. The Labute approximate surface area is 133 Å². The molecule has 2 aromatic rings. The lowest BCUT2D eigenvalue weighted by Crippen LogP contribution is -2.22. The molecule has 104 valence electrons. The molecule has 0 saturated carbocycles. The van der Waals surface area contributed by atoms with E-state index in [-0.39, 0.29) is 6.04 Å². The van der Waals surface area contributed by atoms with Gasteiger partial charge < -0.3 is 10.1 Å². The summed E-state index contributed by atoms with van der Waals surface area (Å²) >= 11 is 2.37. The molecule has 0 aromatic heterocycles. The minimum absolute atomic E-state index is 0.251. The Bertz CT molecular complexity index is 612. The highest BCUT2D eigenvalue weighted by Crippen LogP contribution is 2.31. The molecule has 0 spiro atoms. The molecular formula is C17H18INO. The van der Waals surface area contributed by atoms with E-state index in [2.05, 4.69) is 77.3 Å². The van der Waals surface area contributed by atoms with Gasteiger partial charge in [-0.1, -0.05) is 31.2 Å². The molecule has 0 radical (unpaired) electrons. The van der Waals surface area contributed by atoms with Gasteiger partial charge in [-0.25, -0.2) is 0 Å². The summed E-state index contributed by atoms with van der Waals surface area (Å²) < 4.78 is 6.87. The molecule has 0 aliphatic carbocycles. The van der Waals surface area contributed by atoms with E-state index in [1.54, 1.807) is 0 Å². The van der Waals surface area contributed by atoms with E-state index in [1.807, 2.05) is 0 Å². The fourth-order valence-corrected chi connectivity index (χ4v) is 3.27. The molecule has 1 heterocycles. The number of halogens is 1. The summed E-state index contributed by atoms with van der Waals surface area (Å²) in [7, 11) is 0. The molecule has 1 atom stereocenters. The van der Waals surface area contributed by atoms with E-state index >= 15 is 0 Å². The van der Waals surface area contributed by atoms with Crippen molar-refractivity contribution in [1.82, 2.24) is 5.32 Å². The lowest BCUT2D eigenvalue weighted by molar-refractivity contribution is 0.357. The Balaban J connectivity index is 1.98. The maximum atomic E-state index is 5.60. The van der Waals surface area contributed by atoms with Gasteiger partial charge in [-0.3, -0.25) is 0 Å². The number of benzene rings is 2. The number of rotatable bonds is 4. The topological polar surface area (TPSA) is 21.3 Å². The molecular weight excluding hydrogens is 361 g/mol. The highest BCUT2D eigenvalue weighted by atomic mass is 127. The first-order valence-corrected chi connectivity index (χ1v) is 8.10. The van der Waals surface area contributed by atoms with E-state index in [4.69, 9.17) is 4.74 Å². The molecule has 0 saturated heterocycles. The average molecular weight is 379 g/mol. The number of hydrogen-bond donors (Lipinski definition) is 1. The zero-order valence-corrected chi connectivity index (χ0v) is 13.7. The van der Waals surface area contributed by atoms with Crippen molar-refractivity contribution in [2.75, 3.05) is 13.2 Å². The van der Waals surface area contributed by atoms with Gasteiger partial charge in [0.1, 0.15) is 5.75 Å². The maximum absolute atomic E-state index is 5.60. The third-order valence-corrected chi connectivity index (χ3v) is 4.31. The number of nitrogens with one attached hydrogen (secondary N) is 1. The van der Waals surface area contributed by atoms with Crippen LogP contribution in [0.25, 0.3) is 0 Å². The van der Waals surface area contributed by atoms with Crippen molar-refractivity contribution >= 4 is 22.6 Å². The first-order chi connectivity index (χ1) is 9.78. The monoisotopic (exact) mass is 379 g/mol. The Morgan fingerprint density at radius 3 is 2.85 bits per heavy atom. The molecule has 2 nitrogen and oxygen atoms in total. The summed E-state index contributed by atoms with van der Waals surface area (Å²) in [4.78, 5) is 0. The molecule has 3 rings (SSSR count). The minimum Gasteiger partial charge on any atom is -0.493 e. The van der Waals surface area contributed by atoms with Gasteiger partial charge in [-0.2, -0.15) is 0 Å². The van der Waals surface area contributed by atoms with Crippen LogP contribution in [0.5, 0.6) is 5.75 Å². The van der Waals surface area contributed by atoms with Crippen molar-refractivity contribution in [3.05, 3.63) is 62.7 Å². The highest BCUT2D eigenvalue weighted by molar-refractivity contribution is 14.1. The van der Waals surface area contributed by atoms with Gasteiger partial charge in [0.05, 0.1) is 12.6 Å². The summed E-state index contributed by atoms with van der Waals surface area (Å²) in [5, 5.41) is 3.59. The molecule has 0 fully saturated rings. The molecule has 3 heteroatoms. The third kappa shape index (κ3) is 2.83. The molecule has 0 bridgehead atoms. The first kappa shape index (κ1) is 13.9. The van der Waals surface area contributed by atoms with Gasteiger partial charge in [0.25, 0.3) is 0 Å². The predicted octanol–water partition coefficient (Wildman–Crippen LogP) is 3.93. The second-order valence-electron chi connectivity index (χ2n) is 5.01. The molecule has 2 aromatic carbocycles. The van der Waals surface area contributed by atoms with Crippen molar-refractivity contribution in [2.24, 2.45) is 0 Å². The standard InChI is InChI=1S/C17H18INO/c1-2-19-17(13-4-3-5-15(18)11-13)14-6-7-16-12(10-14)8-9-20-16/h3-7,10-11,17,19H,2,8-9H2,1H3. The number of hydrogen-bond acceptors (Lipinski definition) is 2. The van der Waals surface area contributed by atoms with Crippen molar-refractivity contribution in [1.29, 1.82) is 0 Å². The van der Waals surface area contributed by atoms with Crippen molar-refractivity contribution in [2.45, 2.75) is 19.4 Å². The van der Waals surface area contributed by atoms with Gasteiger partial charge in [-0.15, -0.1) is 0 Å². The third-order valence-electron chi connectivity index (χ3n) is 3.64. The lowest BCUT2D eigenvalue weighted by Gasteiger charge is -2.20. The molecule has 20 heavy (non-hydrogen) atoms. The molecule has 1 aliphatic heterocycles. The van der Waals surface area contributed by atoms with Crippen LogP contribution in [0.1, 0.15) is 29.7 Å². The highest BCUT2D eigenvalue weighted by Gasteiger charge is 2.17. The maximum Gasteiger partial charge on any atom is 0.122 e. The Kier molecular flexibility index (Phi) is 4.27. The summed E-state index contributed by atoms with van der Waals surface area (Å²) in [6.07, 6.45) is 1.02. The number of ether oxygens (including phenoxy) is 1. The Hall–Kier alpha value is -1.07. The first-order valence-electron chi connectivity index (χ1n) is 7.02. The second kappa shape index (κ2) is 6.14. The van der Waals surface area contributed by atoms with Crippen LogP contribution in [0.3, 0.4) is 0 Å². The quantitative estimate of drug-likeness (QED) is 0.814. The molecule has 1 aliphatic rings. The van der Waals surface area contributed by atoms with Gasteiger partial charge in [0, 0.05) is 9.99 Å². The van der Waals surface area contributed by atoms with E-state index in [0.29, 0.717) is 0 Å². The van der Waals surface area contributed by atoms with Crippen LogP contribution < -0.4 is 10.1 Å². The minimum atomic E-state index is 0.251. The van der Waals surface area contributed by atoms with Crippen LogP contribution in [0.2, 0.25) is 0 Å². The fourth-order valence-electron chi connectivity index (χ4n) is 2.70. The summed E-state index contributed by atoms with van der Waals surface area (Å²) in [5.74, 6) is 1.05. The lowest BCUT2D eigenvalue weighted by atomic mass is 9.96. The van der Waals surface area contributed by atoms with E-state index < -0.39 is 0 Å². The molecule has 1 unspecified atom stereocenters. The van der Waals surface area contributed by atoms with Gasteiger partial charge in [0.2, 0.25) is 0 Å². The smallest absolute Gasteiger partial charge is 0.122 e. The summed E-state index contributed by atoms with van der Waals surface area (Å²) in [5.41, 5.74) is 3.96. The van der Waals surface area contributed by atoms with Crippen LogP contribution in [-0.4, -0.2) is 13.2 Å². The summed E-state index contributed by atoms with van der Waals surface area (Å²) in [6.45, 7) is 3.91. The van der Waals surface area contributed by atoms with Crippen molar-refractivity contribution < 1.29 is 4.74 Å². The zero-order chi connectivity index (χ0) is 13.9. The largest absolute Gasteiger partial charge is 0.493 e. The Morgan fingerprint density at radius 2 is 2.05 bits per heavy atom. The van der Waals surface area contributed by atoms with E-state index in [0.717, 1.165) is 25.3 Å². The second-order valence-corrected chi connectivity index (χ2v) is 6.26. The average Bonchev–Trinajstić information content (AvgIpc) is 2.92. The van der Waals surface area contributed by atoms with Crippen LogP contribution >= 0.6 is 22.6 Å². The van der Waals surface area contributed by atoms with Crippen LogP contribution in [0, 0.1) is 3.57 Å². The SMILES string of the molecule is CCNC(c1cccc(I)c1)c1ccc2c(c1)CCO2. The molecule has 0 amide bonds. The van der Waals surface area contributed by atoms with Gasteiger partial charge >= 0.3 is 0 Å². The fraction of sp³-hybridized carbons (Fsp3) is 0.294. The summed E-state index contributed by atoms with van der Waals surface area (Å²) in [6, 6.07) is 15.5. The normalized spacial score (nSPS) is 14.7.